The number of nitrogens with zero attached hydrogens (tertiary/aromatic N) is 1. The monoisotopic (exact) mass is 380 g/mol. The number of piperidine rings is 1. The van der Waals surface area contributed by atoms with Gasteiger partial charge in [-0.3, -0.25) is 9.69 Å². The number of amides is 1. The number of benzene rings is 1. The predicted octanol–water partition coefficient (Wildman–Crippen LogP) is 3.11. The summed E-state index contributed by atoms with van der Waals surface area (Å²) in [7, 11) is 0. The Bertz CT molecular complexity index is 572. The van der Waals surface area contributed by atoms with Gasteiger partial charge in [0.15, 0.2) is 0 Å². The standard InChI is InChI=1S/C20H29ClN2O3/c1-2-26-19(25)20(22-18(24)10-6-7-13-21)11-14-23(15-12-20)16-17-8-4-3-5-9-17/h3-5,8-9H,2,6-7,10-16H2,1H3,(H,22,24). The Morgan fingerprint density at radius 2 is 1.88 bits per heavy atom. The summed E-state index contributed by atoms with van der Waals surface area (Å²) in [6.07, 6.45) is 3.06. The van der Waals surface area contributed by atoms with Gasteiger partial charge in [-0.15, -0.1) is 11.6 Å². The van der Waals surface area contributed by atoms with E-state index in [9.17, 15) is 9.59 Å². The first-order chi connectivity index (χ1) is 12.6. The van der Waals surface area contributed by atoms with Gasteiger partial charge in [0.2, 0.25) is 5.91 Å². The first-order valence-electron chi connectivity index (χ1n) is 9.40. The van der Waals surface area contributed by atoms with Crippen LogP contribution in [0.15, 0.2) is 30.3 Å². The molecule has 1 fully saturated rings. The van der Waals surface area contributed by atoms with E-state index in [1.807, 2.05) is 18.2 Å². The van der Waals surface area contributed by atoms with E-state index >= 15 is 0 Å². The number of nitrogens with one attached hydrogen (secondary N) is 1. The second-order valence-electron chi connectivity index (χ2n) is 6.76. The Morgan fingerprint density at radius 1 is 1.19 bits per heavy atom. The van der Waals surface area contributed by atoms with E-state index in [4.69, 9.17) is 16.3 Å². The van der Waals surface area contributed by atoms with Crippen molar-refractivity contribution in [1.29, 1.82) is 0 Å². The topological polar surface area (TPSA) is 58.6 Å². The summed E-state index contributed by atoms with van der Waals surface area (Å²) in [5.41, 5.74) is 0.350. The molecule has 2 rings (SSSR count). The Balaban J connectivity index is 1.96. The van der Waals surface area contributed by atoms with E-state index < -0.39 is 5.54 Å². The zero-order valence-electron chi connectivity index (χ0n) is 15.5. The molecular formula is C20H29ClN2O3. The second-order valence-corrected chi connectivity index (χ2v) is 7.14. The molecule has 6 heteroatoms. The molecule has 1 amide bonds. The summed E-state index contributed by atoms with van der Waals surface area (Å²) in [6.45, 7) is 4.45. The van der Waals surface area contributed by atoms with Crippen molar-refractivity contribution in [2.45, 2.75) is 51.1 Å². The number of rotatable bonds is 9. The highest BCUT2D eigenvalue weighted by Crippen LogP contribution is 2.25. The summed E-state index contributed by atoms with van der Waals surface area (Å²) in [5.74, 6) is 0.134. The highest BCUT2D eigenvalue weighted by atomic mass is 35.5. The molecule has 5 nitrogen and oxygen atoms in total. The van der Waals surface area contributed by atoms with Gasteiger partial charge in [-0.2, -0.15) is 0 Å². The van der Waals surface area contributed by atoms with Gasteiger partial charge in [-0.25, -0.2) is 4.79 Å². The number of unbranched alkanes of at least 4 members (excludes halogenated alkanes) is 1. The maximum absolute atomic E-state index is 12.6. The van der Waals surface area contributed by atoms with Crippen LogP contribution < -0.4 is 5.32 Å². The third kappa shape index (κ3) is 5.99. The van der Waals surface area contributed by atoms with Crippen molar-refractivity contribution in [2.24, 2.45) is 0 Å². The zero-order chi connectivity index (χ0) is 18.8. The fraction of sp³-hybridized carbons (Fsp3) is 0.600. The van der Waals surface area contributed by atoms with Crippen LogP contribution in [-0.4, -0.2) is 47.9 Å². The SMILES string of the molecule is CCOC(=O)C1(NC(=O)CCCCCl)CCN(Cc2ccccc2)CC1. The van der Waals surface area contributed by atoms with Crippen molar-refractivity contribution < 1.29 is 14.3 Å². The molecule has 26 heavy (non-hydrogen) atoms. The van der Waals surface area contributed by atoms with Gasteiger partial charge >= 0.3 is 5.97 Å². The molecule has 1 aliphatic heterocycles. The average molecular weight is 381 g/mol. The second kappa shape index (κ2) is 10.5. The first-order valence-corrected chi connectivity index (χ1v) is 9.93. The van der Waals surface area contributed by atoms with Crippen LogP contribution in [0.3, 0.4) is 0 Å². The minimum absolute atomic E-state index is 0.0975. The van der Waals surface area contributed by atoms with E-state index in [-0.39, 0.29) is 11.9 Å². The van der Waals surface area contributed by atoms with Gasteiger partial charge in [-0.1, -0.05) is 30.3 Å². The van der Waals surface area contributed by atoms with Crippen LogP contribution >= 0.6 is 11.6 Å². The Hall–Kier alpha value is -1.59. The first kappa shape index (κ1) is 20.7. The molecule has 0 bridgehead atoms. The number of carbonyl (C=O) groups is 2. The van der Waals surface area contributed by atoms with E-state index in [1.165, 1.54) is 5.56 Å². The lowest BCUT2D eigenvalue weighted by atomic mass is 9.86. The summed E-state index contributed by atoms with van der Waals surface area (Å²) in [5, 5.41) is 2.98. The number of ether oxygens (including phenoxy) is 1. The lowest BCUT2D eigenvalue weighted by molar-refractivity contribution is -0.156. The number of hydrogen-bond acceptors (Lipinski definition) is 4. The minimum atomic E-state index is -0.902. The highest BCUT2D eigenvalue weighted by molar-refractivity contribution is 6.17. The molecule has 0 saturated carbocycles. The summed E-state index contributed by atoms with van der Waals surface area (Å²) < 4.78 is 5.27. The van der Waals surface area contributed by atoms with Crippen molar-refractivity contribution in [2.75, 3.05) is 25.6 Å². The predicted molar refractivity (Wildman–Crippen MR) is 103 cm³/mol. The summed E-state index contributed by atoms with van der Waals surface area (Å²) in [6, 6.07) is 10.3. The molecule has 1 aliphatic rings. The van der Waals surface area contributed by atoms with Crippen LogP contribution in [0.2, 0.25) is 0 Å². The average Bonchev–Trinajstić information content (AvgIpc) is 2.65. The van der Waals surface area contributed by atoms with Crippen molar-refractivity contribution in [1.82, 2.24) is 10.2 Å². The third-order valence-corrected chi connectivity index (χ3v) is 5.06. The zero-order valence-corrected chi connectivity index (χ0v) is 16.3. The van der Waals surface area contributed by atoms with E-state index in [1.54, 1.807) is 6.92 Å². The number of alkyl halides is 1. The molecule has 1 heterocycles. The van der Waals surface area contributed by atoms with E-state index in [2.05, 4.69) is 22.3 Å². The Morgan fingerprint density at radius 3 is 2.50 bits per heavy atom. The normalized spacial score (nSPS) is 16.8. The third-order valence-electron chi connectivity index (χ3n) is 4.79. The maximum atomic E-state index is 12.6. The summed E-state index contributed by atoms with van der Waals surface area (Å²) in [4.78, 5) is 27.2. The molecule has 0 atom stereocenters. The van der Waals surface area contributed by atoms with Crippen molar-refractivity contribution in [3.63, 3.8) is 0 Å². The molecule has 1 aromatic carbocycles. The summed E-state index contributed by atoms with van der Waals surface area (Å²) >= 11 is 5.67. The largest absolute Gasteiger partial charge is 0.464 e. The number of carbonyl (C=O) groups excluding carboxylic acids is 2. The van der Waals surface area contributed by atoms with Gasteiger partial charge in [0.05, 0.1) is 6.61 Å². The minimum Gasteiger partial charge on any atom is -0.464 e. The Labute approximate surface area is 161 Å². The van der Waals surface area contributed by atoms with Gasteiger partial charge in [-0.05, 0) is 38.2 Å². The highest BCUT2D eigenvalue weighted by Gasteiger charge is 2.43. The fourth-order valence-electron chi connectivity index (χ4n) is 3.29. The molecule has 0 radical (unpaired) electrons. The Kier molecular flexibility index (Phi) is 8.39. The van der Waals surface area contributed by atoms with Crippen molar-refractivity contribution in [3.8, 4) is 0 Å². The van der Waals surface area contributed by atoms with E-state index in [0.717, 1.165) is 32.5 Å². The quantitative estimate of drug-likeness (QED) is 0.406. The van der Waals surface area contributed by atoms with Gasteiger partial charge in [0.1, 0.15) is 5.54 Å². The van der Waals surface area contributed by atoms with Crippen LogP contribution in [0.25, 0.3) is 0 Å². The van der Waals surface area contributed by atoms with Gasteiger partial charge in [0, 0.05) is 31.9 Å². The van der Waals surface area contributed by atoms with E-state index in [0.29, 0.717) is 31.7 Å². The molecule has 0 spiro atoms. The van der Waals surface area contributed by atoms with Crippen LogP contribution in [-0.2, 0) is 20.9 Å². The van der Waals surface area contributed by atoms with Crippen molar-refractivity contribution in [3.05, 3.63) is 35.9 Å². The van der Waals surface area contributed by atoms with Crippen LogP contribution in [0.5, 0.6) is 0 Å². The lowest BCUT2D eigenvalue weighted by Gasteiger charge is -2.40. The lowest BCUT2D eigenvalue weighted by Crippen LogP contribution is -2.60. The number of esters is 1. The number of likely N-dealkylation sites (tertiary alicyclic amines) is 1. The molecular weight excluding hydrogens is 352 g/mol. The van der Waals surface area contributed by atoms with Crippen LogP contribution in [0.4, 0.5) is 0 Å². The molecule has 1 N–H and O–H groups in total. The van der Waals surface area contributed by atoms with Crippen molar-refractivity contribution >= 4 is 23.5 Å². The molecule has 1 aromatic rings. The van der Waals surface area contributed by atoms with Crippen LogP contribution in [0, 0.1) is 0 Å². The molecule has 0 unspecified atom stereocenters. The maximum Gasteiger partial charge on any atom is 0.331 e. The molecule has 0 aliphatic carbocycles. The number of hydrogen-bond donors (Lipinski definition) is 1. The molecule has 1 saturated heterocycles. The molecule has 144 valence electrons. The van der Waals surface area contributed by atoms with Gasteiger partial charge < -0.3 is 10.1 Å². The number of halogens is 1. The molecule has 0 aromatic heterocycles. The van der Waals surface area contributed by atoms with Crippen LogP contribution in [0.1, 0.15) is 44.6 Å². The van der Waals surface area contributed by atoms with Gasteiger partial charge in [0.25, 0.3) is 0 Å². The fourth-order valence-corrected chi connectivity index (χ4v) is 3.48. The smallest absolute Gasteiger partial charge is 0.331 e.